The number of fused-ring (bicyclic) bond motifs is 11. The molecule has 1 atom stereocenters. The topological polar surface area (TPSA) is 67.4 Å². The maximum atomic E-state index is 12.6. The summed E-state index contributed by atoms with van der Waals surface area (Å²) in [6.07, 6.45) is 0.703. The Bertz CT molecular complexity index is 769. The molecule has 1 unspecified atom stereocenters. The molecule has 128 valence electrons. The normalized spacial score (nSPS) is 18.7. The molecule has 2 amide bonds. The minimum atomic E-state index is -0.769. The minimum Gasteiger partial charge on any atom is -0.489 e. The molecule has 2 heterocycles. The monoisotopic (exact) mass is 336 g/mol. The Balaban J connectivity index is 1.85. The zero-order valence-corrected chi connectivity index (χ0v) is 13.8. The van der Waals surface area contributed by atoms with Gasteiger partial charge in [0.1, 0.15) is 18.4 Å². The van der Waals surface area contributed by atoms with E-state index in [1.807, 2.05) is 54.6 Å². The fraction of sp³-hybridized carbons (Fsp3) is 0.200. The van der Waals surface area contributed by atoms with Crippen LogP contribution < -0.4 is 15.4 Å². The van der Waals surface area contributed by atoms with Gasteiger partial charge in [-0.1, -0.05) is 49.0 Å². The van der Waals surface area contributed by atoms with Crippen LogP contribution in [0.1, 0.15) is 17.2 Å². The second kappa shape index (κ2) is 7.66. The summed E-state index contributed by atoms with van der Waals surface area (Å²) in [7, 11) is 0. The number of carbonyl (C=O) groups is 2. The number of hydrogen-bond acceptors (Lipinski definition) is 3. The first kappa shape index (κ1) is 16.8. The van der Waals surface area contributed by atoms with Gasteiger partial charge in [-0.15, -0.1) is 0 Å². The number of rotatable bonds is 1. The van der Waals surface area contributed by atoms with Gasteiger partial charge >= 0.3 is 0 Å². The largest absolute Gasteiger partial charge is 0.489 e. The van der Waals surface area contributed by atoms with Gasteiger partial charge in [-0.25, -0.2) is 0 Å². The van der Waals surface area contributed by atoms with E-state index in [0.29, 0.717) is 18.7 Å². The molecule has 2 aliphatic heterocycles. The van der Waals surface area contributed by atoms with Crippen LogP contribution in [0.3, 0.4) is 0 Å². The third-order valence-corrected chi connectivity index (χ3v) is 4.04. The maximum absolute atomic E-state index is 12.6. The highest BCUT2D eigenvalue weighted by molar-refractivity contribution is 5.97. The summed E-state index contributed by atoms with van der Waals surface area (Å²) in [5, 5.41) is 5.64. The van der Waals surface area contributed by atoms with Gasteiger partial charge in [0.2, 0.25) is 5.91 Å². The van der Waals surface area contributed by atoms with E-state index in [9.17, 15) is 9.59 Å². The molecule has 0 spiro atoms. The SMILES string of the molecule is C=C1COc2ccc(cc2)CCNC(=O)C(c2ccccc2)NC1=O. The second-order valence-electron chi connectivity index (χ2n) is 5.89. The first-order valence-corrected chi connectivity index (χ1v) is 8.16. The standard InChI is InChI=1S/C20H20N2O3/c1-14-13-25-17-9-7-15(8-10-17)11-12-21-20(24)18(22-19(14)23)16-5-3-2-4-6-16/h2-10,18H,1,11-13H2,(H,21,24)(H,22,23). The van der Waals surface area contributed by atoms with Crippen LogP contribution in [-0.2, 0) is 16.0 Å². The van der Waals surface area contributed by atoms with E-state index in [4.69, 9.17) is 4.74 Å². The molecule has 2 aromatic carbocycles. The molecule has 0 fully saturated rings. The lowest BCUT2D eigenvalue weighted by atomic mass is 10.1. The molecule has 2 aromatic rings. The highest BCUT2D eigenvalue weighted by atomic mass is 16.5. The van der Waals surface area contributed by atoms with Crippen molar-refractivity contribution in [3.8, 4) is 5.75 Å². The predicted molar refractivity (Wildman–Crippen MR) is 95.1 cm³/mol. The van der Waals surface area contributed by atoms with E-state index in [-0.39, 0.29) is 18.1 Å². The summed E-state index contributed by atoms with van der Waals surface area (Å²) in [5.41, 5.74) is 2.08. The fourth-order valence-electron chi connectivity index (χ4n) is 2.60. The van der Waals surface area contributed by atoms with Gasteiger partial charge < -0.3 is 15.4 Å². The molecule has 4 rings (SSSR count). The van der Waals surface area contributed by atoms with Crippen LogP contribution in [0.15, 0.2) is 66.7 Å². The molecule has 0 aliphatic carbocycles. The van der Waals surface area contributed by atoms with Crippen molar-refractivity contribution in [2.24, 2.45) is 0 Å². The zero-order valence-electron chi connectivity index (χ0n) is 13.8. The molecule has 0 saturated heterocycles. The van der Waals surface area contributed by atoms with Crippen molar-refractivity contribution in [1.82, 2.24) is 10.6 Å². The maximum Gasteiger partial charge on any atom is 0.250 e. The molecule has 5 heteroatoms. The van der Waals surface area contributed by atoms with E-state index in [2.05, 4.69) is 17.2 Å². The van der Waals surface area contributed by atoms with Gasteiger partial charge in [-0.3, -0.25) is 9.59 Å². The average Bonchev–Trinajstić information content (AvgIpc) is 2.65. The molecule has 0 aromatic heterocycles. The number of nitrogens with one attached hydrogen (secondary N) is 2. The lowest BCUT2D eigenvalue weighted by Gasteiger charge is -2.20. The van der Waals surface area contributed by atoms with Crippen LogP contribution in [-0.4, -0.2) is 25.0 Å². The molecule has 2 bridgehead atoms. The minimum absolute atomic E-state index is 0.0638. The molecule has 25 heavy (non-hydrogen) atoms. The zero-order chi connectivity index (χ0) is 17.6. The van der Waals surface area contributed by atoms with Crippen molar-refractivity contribution < 1.29 is 14.3 Å². The Morgan fingerprint density at radius 1 is 1.00 bits per heavy atom. The van der Waals surface area contributed by atoms with Crippen molar-refractivity contribution in [3.63, 3.8) is 0 Å². The molecular formula is C20H20N2O3. The van der Waals surface area contributed by atoms with Gasteiger partial charge in [0, 0.05) is 12.1 Å². The Morgan fingerprint density at radius 2 is 1.72 bits per heavy atom. The van der Waals surface area contributed by atoms with E-state index >= 15 is 0 Å². The summed E-state index contributed by atoms with van der Waals surface area (Å²) in [5.74, 6) is 0.0260. The van der Waals surface area contributed by atoms with Gasteiger partial charge in [-0.2, -0.15) is 0 Å². The quantitative estimate of drug-likeness (QED) is 0.784. The third-order valence-electron chi connectivity index (χ3n) is 4.04. The van der Waals surface area contributed by atoms with Crippen LogP contribution in [0.25, 0.3) is 0 Å². The fourth-order valence-corrected chi connectivity index (χ4v) is 2.60. The molecule has 5 nitrogen and oxygen atoms in total. The summed E-state index contributed by atoms with van der Waals surface area (Å²) < 4.78 is 5.59. The van der Waals surface area contributed by atoms with E-state index in [1.54, 1.807) is 0 Å². The first-order valence-electron chi connectivity index (χ1n) is 8.16. The Hall–Kier alpha value is -3.08. The van der Waals surface area contributed by atoms with E-state index in [0.717, 1.165) is 11.1 Å². The van der Waals surface area contributed by atoms with Gasteiger partial charge in [0.05, 0.1) is 0 Å². The average molecular weight is 336 g/mol. The lowest BCUT2D eigenvalue weighted by molar-refractivity contribution is -0.127. The van der Waals surface area contributed by atoms with Gasteiger partial charge in [0.15, 0.2) is 0 Å². The van der Waals surface area contributed by atoms with Crippen LogP contribution in [0.2, 0.25) is 0 Å². The Morgan fingerprint density at radius 3 is 2.44 bits per heavy atom. The van der Waals surface area contributed by atoms with Crippen molar-refractivity contribution in [3.05, 3.63) is 77.9 Å². The lowest BCUT2D eigenvalue weighted by Crippen LogP contribution is -2.42. The van der Waals surface area contributed by atoms with Crippen molar-refractivity contribution in [1.29, 1.82) is 0 Å². The van der Waals surface area contributed by atoms with Crippen LogP contribution in [0, 0.1) is 0 Å². The van der Waals surface area contributed by atoms with Crippen LogP contribution in [0.4, 0.5) is 0 Å². The number of ether oxygens (including phenoxy) is 1. The highest BCUT2D eigenvalue weighted by Crippen LogP contribution is 2.16. The number of amides is 2. The van der Waals surface area contributed by atoms with E-state index < -0.39 is 11.9 Å². The Labute approximate surface area is 146 Å². The van der Waals surface area contributed by atoms with Crippen molar-refractivity contribution in [2.45, 2.75) is 12.5 Å². The molecule has 2 aliphatic rings. The summed E-state index contributed by atoms with van der Waals surface area (Å²) in [4.78, 5) is 25.0. The number of benzene rings is 2. The predicted octanol–water partition coefficient (Wildman–Crippen LogP) is 2.15. The van der Waals surface area contributed by atoms with Crippen molar-refractivity contribution in [2.75, 3.05) is 13.2 Å². The third kappa shape index (κ3) is 4.26. The second-order valence-corrected chi connectivity index (χ2v) is 5.89. The number of hydrogen-bond donors (Lipinski definition) is 2. The molecule has 2 N–H and O–H groups in total. The molecular weight excluding hydrogens is 316 g/mol. The summed E-state index contributed by atoms with van der Waals surface area (Å²) >= 11 is 0. The smallest absolute Gasteiger partial charge is 0.250 e. The van der Waals surface area contributed by atoms with Gasteiger partial charge in [0.25, 0.3) is 5.91 Å². The molecule has 0 saturated carbocycles. The van der Waals surface area contributed by atoms with Crippen LogP contribution in [0.5, 0.6) is 5.75 Å². The van der Waals surface area contributed by atoms with Crippen molar-refractivity contribution >= 4 is 11.8 Å². The summed E-state index contributed by atoms with van der Waals surface area (Å²) in [6.45, 7) is 4.31. The molecule has 0 radical (unpaired) electrons. The first-order chi connectivity index (χ1) is 12.1. The van der Waals surface area contributed by atoms with Gasteiger partial charge in [-0.05, 0) is 29.7 Å². The van der Waals surface area contributed by atoms with E-state index in [1.165, 1.54) is 0 Å². The number of carbonyl (C=O) groups excluding carboxylic acids is 2. The van der Waals surface area contributed by atoms with Crippen LogP contribution >= 0.6 is 0 Å². The highest BCUT2D eigenvalue weighted by Gasteiger charge is 2.23. The summed E-state index contributed by atoms with van der Waals surface area (Å²) in [6, 6.07) is 16.0. The Kier molecular flexibility index (Phi) is 5.14.